The summed E-state index contributed by atoms with van der Waals surface area (Å²) >= 11 is 5.57. The number of likely N-dealkylation sites (tertiary alicyclic amines) is 1. The Kier molecular flexibility index (Phi) is 6.57. The zero-order chi connectivity index (χ0) is 17.6. The lowest BCUT2D eigenvalue weighted by Crippen LogP contribution is -2.51. The monoisotopic (exact) mass is 365 g/mol. The highest BCUT2D eigenvalue weighted by Crippen LogP contribution is 2.25. The zero-order valence-electron chi connectivity index (χ0n) is 15.3. The van der Waals surface area contributed by atoms with Crippen molar-refractivity contribution < 1.29 is 9.53 Å². The van der Waals surface area contributed by atoms with Crippen LogP contribution in [0.15, 0.2) is 11.6 Å². The molecular formula is C19H31N3O2S. The summed E-state index contributed by atoms with van der Waals surface area (Å²) in [5, 5.41) is 4.29. The number of carbonyl (C=O) groups is 1. The molecule has 6 heteroatoms. The van der Waals surface area contributed by atoms with Crippen molar-refractivity contribution in [3.8, 4) is 0 Å². The summed E-state index contributed by atoms with van der Waals surface area (Å²) in [5.74, 6) is 0. The Labute approximate surface area is 156 Å². The summed E-state index contributed by atoms with van der Waals surface area (Å²) in [6, 6.07) is 0.546. The van der Waals surface area contributed by atoms with E-state index in [1.165, 1.54) is 25.7 Å². The van der Waals surface area contributed by atoms with Crippen molar-refractivity contribution in [3.63, 3.8) is 0 Å². The molecule has 3 rings (SSSR count). The van der Waals surface area contributed by atoms with E-state index in [9.17, 15) is 4.79 Å². The lowest BCUT2D eigenvalue weighted by Gasteiger charge is -2.38. The highest BCUT2D eigenvalue weighted by Gasteiger charge is 2.38. The fraction of sp³-hybridized carbons (Fsp3) is 0.789. The van der Waals surface area contributed by atoms with Crippen LogP contribution in [-0.4, -0.2) is 59.3 Å². The standard InChI is InChI=1S/C19H31N3O2S/c1-2-16-14-24-19(23)22(16)17-9-12-21(13-10-17)18(25)20-11-8-15-6-4-3-5-7-15/h6,16-17H,2-5,7-14H2,1H3,(H,20,25). The van der Waals surface area contributed by atoms with Crippen LogP contribution in [0.25, 0.3) is 0 Å². The molecule has 0 saturated carbocycles. The zero-order valence-corrected chi connectivity index (χ0v) is 16.2. The van der Waals surface area contributed by atoms with Crippen molar-refractivity contribution in [2.45, 2.75) is 70.4 Å². The predicted octanol–water partition coefficient (Wildman–Crippen LogP) is 3.45. The minimum atomic E-state index is -0.133. The molecule has 140 valence electrons. The van der Waals surface area contributed by atoms with Crippen molar-refractivity contribution in [1.29, 1.82) is 0 Å². The normalized spacial score (nSPS) is 24.9. The van der Waals surface area contributed by atoms with Crippen LogP contribution in [-0.2, 0) is 4.74 Å². The molecule has 3 aliphatic rings. The second kappa shape index (κ2) is 8.88. The highest BCUT2D eigenvalue weighted by molar-refractivity contribution is 7.80. The van der Waals surface area contributed by atoms with Gasteiger partial charge in [-0.25, -0.2) is 4.79 Å². The molecule has 0 aromatic rings. The van der Waals surface area contributed by atoms with Crippen LogP contribution in [0.2, 0.25) is 0 Å². The first-order valence-electron chi connectivity index (χ1n) is 9.84. The number of ether oxygens (including phenoxy) is 1. The average molecular weight is 366 g/mol. The first-order chi connectivity index (χ1) is 12.2. The van der Waals surface area contributed by atoms with E-state index in [0.717, 1.165) is 50.4 Å². The van der Waals surface area contributed by atoms with Gasteiger partial charge in [-0.3, -0.25) is 4.90 Å². The number of thiocarbonyl (C=S) groups is 1. The molecule has 5 nitrogen and oxygen atoms in total. The first-order valence-corrected chi connectivity index (χ1v) is 10.3. The van der Waals surface area contributed by atoms with E-state index in [-0.39, 0.29) is 12.1 Å². The van der Waals surface area contributed by atoms with Gasteiger partial charge in [-0.2, -0.15) is 0 Å². The third-order valence-electron chi connectivity index (χ3n) is 5.73. The maximum absolute atomic E-state index is 12.0. The highest BCUT2D eigenvalue weighted by atomic mass is 32.1. The van der Waals surface area contributed by atoms with Crippen LogP contribution in [0.5, 0.6) is 0 Å². The predicted molar refractivity (Wildman–Crippen MR) is 104 cm³/mol. The maximum atomic E-state index is 12.0. The van der Waals surface area contributed by atoms with Gasteiger partial charge in [-0.15, -0.1) is 0 Å². The fourth-order valence-electron chi connectivity index (χ4n) is 4.15. The molecule has 0 spiro atoms. The summed E-state index contributed by atoms with van der Waals surface area (Å²) in [6.07, 6.45) is 11.4. The lowest BCUT2D eigenvalue weighted by molar-refractivity contribution is 0.122. The molecule has 0 aromatic carbocycles. The maximum Gasteiger partial charge on any atom is 0.410 e. The molecule has 1 amide bonds. The number of nitrogens with zero attached hydrogens (tertiary/aromatic N) is 2. The van der Waals surface area contributed by atoms with Gasteiger partial charge >= 0.3 is 6.09 Å². The van der Waals surface area contributed by atoms with Crippen LogP contribution in [0, 0.1) is 0 Å². The Hall–Kier alpha value is -1.30. The average Bonchev–Trinajstić information content (AvgIpc) is 3.03. The SMILES string of the molecule is CCC1COC(=O)N1C1CCN(C(=S)NCCC2=CCCCC2)CC1. The number of cyclic esters (lactones) is 1. The molecule has 0 radical (unpaired) electrons. The molecule has 25 heavy (non-hydrogen) atoms. The second-order valence-electron chi connectivity index (χ2n) is 7.35. The Morgan fingerprint density at radius 1 is 1.36 bits per heavy atom. The van der Waals surface area contributed by atoms with Gasteiger partial charge in [0.2, 0.25) is 0 Å². The summed E-state index contributed by atoms with van der Waals surface area (Å²) in [5.41, 5.74) is 1.58. The molecule has 1 aliphatic carbocycles. The third kappa shape index (κ3) is 4.66. The minimum absolute atomic E-state index is 0.133. The number of hydrogen-bond acceptors (Lipinski definition) is 3. The molecule has 2 aliphatic heterocycles. The van der Waals surface area contributed by atoms with Crippen molar-refractivity contribution in [3.05, 3.63) is 11.6 Å². The van der Waals surface area contributed by atoms with E-state index in [1.807, 2.05) is 4.90 Å². The topological polar surface area (TPSA) is 44.8 Å². The Bertz CT molecular complexity index is 515. The Morgan fingerprint density at radius 3 is 2.84 bits per heavy atom. The van der Waals surface area contributed by atoms with Crippen LogP contribution in [0.3, 0.4) is 0 Å². The van der Waals surface area contributed by atoms with E-state index in [4.69, 9.17) is 17.0 Å². The molecule has 1 N–H and O–H groups in total. The smallest absolute Gasteiger partial charge is 0.410 e. The van der Waals surface area contributed by atoms with E-state index in [2.05, 4.69) is 23.2 Å². The van der Waals surface area contributed by atoms with Gasteiger partial charge in [0.05, 0.1) is 6.04 Å². The van der Waals surface area contributed by atoms with E-state index < -0.39 is 0 Å². The number of carbonyl (C=O) groups excluding carboxylic acids is 1. The summed E-state index contributed by atoms with van der Waals surface area (Å²) in [6.45, 7) is 5.43. The second-order valence-corrected chi connectivity index (χ2v) is 7.74. The molecule has 1 atom stereocenters. The molecule has 0 aromatic heterocycles. The number of allylic oxidation sites excluding steroid dienone is 1. The van der Waals surface area contributed by atoms with Crippen molar-refractivity contribution in [2.75, 3.05) is 26.2 Å². The molecule has 0 bridgehead atoms. The number of amides is 1. The van der Waals surface area contributed by atoms with Gasteiger partial charge in [0.25, 0.3) is 0 Å². The van der Waals surface area contributed by atoms with E-state index in [0.29, 0.717) is 12.6 Å². The van der Waals surface area contributed by atoms with Crippen LogP contribution >= 0.6 is 12.2 Å². The fourth-order valence-corrected chi connectivity index (χ4v) is 4.44. The van der Waals surface area contributed by atoms with Gasteiger partial charge in [-0.1, -0.05) is 18.6 Å². The Balaban J connectivity index is 1.40. The van der Waals surface area contributed by atoms with Crippen molar-refractivity contribution in [1.82, 2.24) is 15.1 Å². The largest absolute Gasteiger partial charge is 0.447 e. The first kappa shape index (κ1) is 18.5. The third-order valence-corrected chi connectivity index (χ3v) is 6.13. The molecule has 2 saturated heterocycles. The van der Waals surface area contributed by atoms with Crippen molar-refractivity contribution in [2.24, 2.45) is 0 Å². The van der Waals surface area contributed by atoms with E-state index in [1.54, 1.807) is 5.57 Å². The van der Waals surface area contributed by atoms with E-state index >= 15 is 0 Å². The molecule has 2 heterocycles. The van der Waals surface area contributed by atoms with Crippen LogP contribution < -0.4 is 5.32 Å². The molecule has 2 fully saturated rings. The minimum Gasteiger partial charge on any atom is -0.447 e. The number of hydrogen-bond donors (Lipinski definition) is 1. The van der Waals surface area contributed by atoms with Gasteiger partial charge in [0, 0.05) is 25.7 Å². The number of rotatable bonds is 5. The van der Waals surface area contributed by atoms with Gasteiger partial charge in [-0.05, 0) is 63.6 Å². The lowest BCUT2D eigenvalue weighted by atomic mass is 9.97. The molecule has 1 unspecified atom stereocenters. The van der Waals surface area contributed by atoms with Gasteiger partial charge < -0.3 is 15.0 Å². The van der Waals surface area contributed by atoms with Crippen LogP contribution in [0.1, 0.15) is 58.3 Å². The van der Waals surface area contributed by atoms with Gasteiger partial charge in [0.1, 0.15) is 6.61 Å². The number of nitrogens with one attached hydrogen (secondary N) is 1. The summed E-state index contributed by atoms with van der Waals surface area (Å²) < 4.78 is 5.24. The van der Waals surface area contributed by atoms with Crippen molar-refractivity contribution >= 4 is 23.4 Å². The number of piperidine rings is 1. The summed E-state index contributed by atoms with van der Waals surface area (Å²) in [4.78, 5) is 16.2. The quantitative estimate of drug-likeness (QED) is 0.597. The molecular weight excluding hydrogens is 334 g/mol. The Morgan fingerprint density at radius 2 is 2.16 bits per heavy atom. The van der Waals surface area contributed by atoms with Crippen LogP contribution in [0.4, 0.5) is 4.79 Å². The summed E-state index contributed by atoms with van der Waals surface area (Å²) in [7, 11) is 0. The van der Waals surface area contributed by atoms with Gasteiger partial charge in [0.15, 0.2) is 5.11 Å².